The first-order valence-corrected chi connectivity index (χ1v) is 6.82. The van der Waals surface area contributed by atoms with Gasteiger partial charge >= 0.3 is 6.16 Å². The molecule has 0 aliphatic rings. The van der Waals surface area contributed by atoms with Gasteiger partial charge in [0, 0.05) is 12.8 Å². The van der Waals surface area contributed by atoms with Crippen molar-refractivity contribution in [3.05, 3.63) is 0 Å². The van der Waals surface area contributed by atoms with Crippen molar-refractivity contribution >= 4 is 6.16 Å². The Hall–Kier alpha value is -1.01. The summed E-state index contributed by atoms with van der Waals surface area (Å²) in [6.07, 6.45) is -6.95. The van der Waals surface area contributed by atoms with Crippen LogP contribution in [-0.4, -0.2) is 31.2 Å². The molecule has 0 aliphatic heterocycles. The smallest absolute Gasteiger partial charge is 0.431 e. The van der Waals surface area contributed by atoms with E-state index in [-0.39, 0.29) is 25.7 Å². The average molecular weight is 302 g/mol. The standard InChI is InChI=1S/C13H22F4O3/c1-3-9(5-7-11(14)15)19-13(18)20-10(4-2)6-8-12(16)17/h9-12H,3-8H2,1-2H3. The van der Waals surface area contributed by atoms with Crippen molar-refractivity contribution in [1.82, 2.24) is 0 Å². The Morgan fingerprint density at radius 3 is 1.40 bits per heavy atom. The highest BCUT2D eigenvalue weighted by atomic mass is 19.3. The SMILES string of the molecule is CCC(CCC(F)F)OC(=O)OC(CC)CCC(F)F. The van der Waals surface area contributed by atoms with Gasteiger partial charge in [0.15, 0.2) is 0 Å². The number of hydrogen-bond donors (Lipinski definition) is 0. The molecule has 7 heteroatoms. The molecule has 0 aromatic carbocycles. The van der Waals surface area contributed by atoms with Gasteiger partial charge in [0.2, 0.25) is 12.9 Å². The van der Waals surface area contributed by atoms with Crippen molar-refractivity contribution in [1.29, 1.82) is 0 Å². The predicted octanol–water partition coefficient (Wildman–Crippen LogP) is 4.79. The summed E-state index contributed by atoms with van der Waals surface area (Å²) in [6, 6.07) is 0. The first-order valence-electron chi connectivity index (χ1n) is 6.82. The normalized spacial score (nSPS) is 14.4. The number of alkyl halides is 4. The third kappa shape index (κ3) is 9.86. The van der Waals surface area contributed by atoms with Crippen LogP contribution in [0.5, 0.6) is 0 Å². The van der Waals surface area contributed by atoms with Crippen molar-refractivity contribution < 1.29 is 31.8 Å². The van der Waals surface area contributed by atoms with Gasteiger partial charge in [-0.2, -0.15) is 0 Å². The molecule has 2 unspecified atom stereocenters. The number of carbonyl (C=O) groups excluding carboxylic acids is 1. The van der Waals surface area contributed by atoms with Crippen molar-refractivity contribution in [2.24, 2.45) is 0 Å². The number of hydrogen-bond acceptors (Lipinski definition) is 3. The van der Waals surface area contributed by atoms with Crippen LogP contribution in [-0.2, 0) is 9.47 Å². The second-order valence-electron chi connectivity index (χ2n) is 4.48. The van der Waals surface area contributed by atoms with Crippen LogP contribution in [0.3, 0.4) is 0 Å². The van der Waals surface area contributed by atoms with Crippen molar-refractivity contribution in [3.8, 4) is 0 Å². The lowest BCUT2D eigenvalue weighted by Gasteiger charge is -2.19. The first-order chi connectivity index (χ1) is 9.38. The van der Waals surface area contributed by atoms with Crippen LogP contribution in [0.2, 0.25) is 0 Å². The van der Waals surface area contributed by atoms with Crippen LogP contribution >= 0.6 is 0 Å². The van der Waals surface area contributed by atoms with Crippen LogP contribution in [0.15, 0.2) is 0 Å². The fraction of sp³-hybridized carbons (Fsp3) is 0.923. The van der Waals surface area contributed by atoms with Crippen LogP contribution in [0.4, 0.5) is 22.4 Å². The molecule has 20 heavy (non-hydrogen) atoms. The fourth-order valence-electron chi connectivity index (χ4n) is 1.62. The van der Waals surface area contributed by atoms with Gasteiger partial charge in [0.25, 0.3) is 0 Å². The minimum atomic E-state index is -2.45. The molecule has 0 radical (unpaired) electrons. The summed E-state index contributed by atoms with van der Waals surface area (Å²) < 4.78 is 58.1. The molecule has 0 N–H and O–H groups in total. The van der Waals surface area contributed by atoms with Gasteiger partial charge in [-0.25, -0.2) is 22.4 Å². The molecule has 0 rings (SSSR count). The highest BCUT2D eigenvalue weighted by molar-refractivity contribution is 5.60. The maximum absolute atomic E-state index is 12.1. The summed E-state index contributed by atoms with van der Waals surface area (Å²) in [4.78, 5) is 11.5. The minimum Gasteiger partial charge on any atom is -0.431 e. The summed E-state index contributed by atoms with van der Waals surface area (Å²) in [5.74, 6) is 0. The Balaban J connectivity index is 4.08. The Morgan fingerprint density at radius 1 is 0.800 bits per heavy atom. The number of carbonyl (C=O) groups is 1. The topological polar surface area (TPSA) is 35.5 Å². The molecule has 0 spiro atoms. The molecule has 0 aromatic heterocycles. The zero-order valence-electron chi connectivity index (χ0n) is 11.8. The fourth-order valence-corrected chi connectivity index (χ4v) is 1.62. The third-order valence-electron chi connectivity index (χ3n) is 2.85. The van der Waals surface area contributed by atoms with Crippen LogP contribution in [0.25, 0.3) is 0 Å². The maximum atomic E-state index is 12.1. The highest BCUT2D eigenvalue weighted by Crippen LogP contribution is 2.16. The second-order valence-corrected chi connectivity index (χ2v) is 4.48. The van der Waals surface area contributed by atoms with E-state index in [0.29, 0.717) is 12.8 Å². The molecule has 3 nitrogen and oxygen atoms in total. The Labute approximate surface area is 116 Å². The maximum Gasteiger partial charge on any atom is 0.508 e. The summed E-state index contributed by atoms with van der Waals surface area (Å²) >= 11 is 0. The summed E-state index contributed by atoms with van der Waals surface area (Å²) in [7, 11) is 0. The largest absolute Gasteiger partial charge is 0.508 e. The molecule has 0 aromatic rings. The molecular weight excluding hydrogens is 280 g/mol. The van der Waals surface area contributed by atoms with E-state index in [9.17, 15) is 22.4 Å². The summed E-state index contributed by atoms with van der Waals surface area (Å²) in [6.45, 7) is 3.41. The molecule has 0 amide bonds. The van der Waals surface area contributed by atoms with E-state index in [1.54, 1.807) is 13.8 Å². The lowest BCUT2D eigenvalue weighted by Crippen LogP contribution is -2.24. The van der Waals surface area contributed by atoms with E-state index in [1.807, 2.05) is 0 Å². The van der Waals surface area contributed by atoms with Crippen molar-refractivity contribution in [3.63, 3.8) is 0 Å². The lowest BCUT2D eigenvalue weighted by atomic mass is 10.1. The van der Waals surface area contributed by atoms with Gasteiger partial charge < -0.3 is 9.47 Å². The Kier molecular flexibility index (Phi) is 10.2. The van der Waals surface area contributed by atoms with E-state index >= 15 is 0 Å². The number of halogens is 4. The molecule has 0 aliphatic carbocycles. The quantitative estimate of drug-likeness (QED) is 0.430. The summed E-state index contributed by atoms with van der Waals surface area (Å²) in [5, 5.41) is 0. The van der Waals surface area contributed by atoms with E-state index in [1.165, 1.54) is 0 Å². The van der Waals surface area contributed by atoms with Gasteiger partial charge in [-0.05, 0) is 25.7 Å². The predicted molar refractivity (Wildman–Crippen MR) is 66.2 cm³/mol. The van der Waals surface area contributed by atoms with Gasteiger partial charge in [-0.3, -0.25) is 0 Å². The highest BCUT2D eigenvalue weighted by Gasteiger charge is 2.20. The zero-order valence-corrected chi connectivity index (χ0v) is 11.8. The minimum absolute atomic E-state index is 0.0527. The summed E-state index contributed by atoms with van der Waals surface area (Å²) in [5.41, 5.74) is 0. The molecule has 0 saturated heterocycles. The molecule has 0 bridgehead atoms. The number of rotatable bonds is 10. The van der Waals surface area contributed by atoms with Gasteiger partial charge in [0.05, 0.1) is 0 Å². The molecule has 0 heterocycles. The van der Waals surface area contributed by atoms with Crippen molar-refractivity contribution in [2.75, 3.05) is 0 Å². The second kappa shape index (κ2) is 10.7. The van der Waals surface area contributed by atoms with Crippen LogP contribution in [0.1, 0.15) is 52.4 Å². The Bertz CT molecular complexity index is 238. The average Bonchev–Trinajstić information content (AvgIpc) is 2.38. The van der Waals surface area contributed by atoms with Crippen LogP contribution < -0.4 is 0 Å². The molecule has 2 atom stereocenters. The molecule has 120 valence electrons. The van der Waals surface area contributed by atoms with E-state index in [4.69, 9.17) is 9.47 Å². The molecule has 0 fully saturated rings. The van der Waals surface area contributed by atoms with E-state index < -0.39 is 31.2 Å². The number of ether oxygens (including phenoxy) is 2. The van der Waals surface area contributed by atoms with Gasteiger partial charge in [-0.15, -0.1) is 0 Å². The van der Waals surface area contributed by atoms with Gasteiger partial charge in [0.1, 0.15) is 12.2 Å². The van der Waals surface area contributed by atoms with Crippen LogP contribution in [0, 0.1) is 0 Å². The molecule has 0 saturated carbocycles. The third-order valence-corrected chi connectivity index (χ3v) is 2.85. The zero-order chi connectivity index (χ0) is 15.5. The first kappa shape index (κ1) is 19.0. The lowest BCUT2D eigenvalue weighted by molar-refractivity contribution is -0.0165. The Morgan fingerprint density at radius 2 is 1.15 bits per heavy atom. The van der Waals surface area contributed by atoms with Crippen molar-refractivity contribution in [2.45, 2.75) is 77.4 Å². The monoisotopic (exact) mass is 302 g/mol. The molecular formula is C13H22F4O3. The van der Waals surface area contributed by atoms with E-state index in [0.717, 1.165) is 0 Å². The van der Waals surface area contributed by atoms with Gasteiger partial charge in [-0.1, -0.05) is 13.8 Å². The van der Waals surface area contributed by atoms with E-state index in [2.05, 4.69) is 0 Å².